The maximum absolute atomic E-state index is 13.2. The summed E-state index contributed by atoms with van der Waals surface area (Å²) in [6, 6.07) is 7.54. The normalized spacial score (nSPS) is 13.5. The standard InChI is InChI=1S/C15H22FNO4S/c1-5-17(14(18)21-15(2,3)4)13(11-22(16,19)20)12-9-7-6-8-10-12/h6-10,13H,5,11H2,1-4H3. The Morgan fingerprint density at radius 3 is 2.23 bits per heavy atom. The summed E-state index contributed by atoms with van der Waals surface area (Å²) in [4.78, 5) is 13.5. The Hall–Kier alpha value is -1.63. The topological polar surface area (TPSA) is 63.7 Å². The number of halogens is 1. The van der Waals surface area contributed by atoms with E-state index >= 15 is 0 Å². The average molecular weight is 331 g/mol. The van der Waals surface area contributed by atoms with Gasteiger partial charge in [-0.15, -0.1) is 3.89 Å². The summed E-state index contributed by atoms with van der Waals surface area (Å²) >= 11 is 0. The lowest BCUT2D eigenvalue weighted by Gasteiger charge is -2.32. The molecule has 1 unspecified atom stereocenters. The van der Waals surface area contributed by atoms with Gasteiger partial charge in [-0.25, -0.2) is 4.79 Å². The molecule has 0 N–H and O–H groups in total. The van der Waals surface area contributed by atoms with E-state index in [1.807, 2.05) is 0 Å². The van der Waals surface area contributed by atoms with Gasteiger partial charge in [-0.1, -0.05) is 30.3 Å². The zero-order valence-electron chi connectivity index (χ0n) is 13.2. The molecule has 0 spiro atoms. The fraction of sp³-hybridized carbons (Fsp3) is 0.533. The van der Waals surface area contributed by atoms with Crippen molar-refractivity contribution < 1.29 is 21.8 Å². The van der Waals surface area contributed by atoms with Crippen LogP contribution in [-0.2, 0) is 15.0 Å². The van der Waals surface area contributed by atoms with E-state index in [-0.39, 0.29) is 6.54 Å². The number of carbonyl (C=O) groups is 1. The van der Waals surface area contributed by atoms with E-state index in [4.69, 9.17) is 4.74 Å². The molecule has 0 aliphatic carbocycles. The first-order chi connectivity index (χ1) is 10.0. The molecule has 0 fully saturated rings. The summed E-state index contributed by atoms with van der Waals surface area (Å²) in [5, 5.41) is 0. The van der Waals surface area contributed by atoms with Crippen LogP contribution in [0, 0.1) is 0 Å². The van der Waals surface area contributed by atoms with Crippen LogP contribution in [0.3, 0.4) is 0 Å². The second-order valence-electron chi connectivity index (χ2n) is 5.90. The van der Waals surface area contributed by atoms with Crippen molar-refractivity contribution in [3.05, 3.63) is 35.9 Å². The maximum Gasteiger partial charge on any atom is 0.410 e. The van der Waals surface area contributed by atoms with Crippen molar-refractivity contribution in [2.75, 3.05) is 12.3 Å². The summed E-state index contributed by atoms with van der Waals surface area (Å²) in [7, 11) is -4.75. The lowest BCUT2D eigenvalue weighted by atomic mass is 10.1. The first kappa shape index (κ1) is 18.4. The van der Waals surface area contributed by atoms with Crippen molar-refractivity contribution in [2.45, 2.75) is 39.3 Å². The summed E-state index contributed by atoms with van der Waals surface area (Å²) in [6.45, 7) is 7.02. The quantitative estimate of drug-likeness (QED) is 0.777. The van der Waals surface area contributed by atoms with Gasteiger partial charge in [0.15, 0.2) is 0 Å². The zero-order chi connectivity index (χ0) is 17.0. The summed E-state index contributed by atoms with van der Waals surface area (Å²) in [6.07, 6.45) is -0.674. The van der Waals surface area contributed by atoms with Crippen LogP contribution >= 0.6 is 0 Å². The van der Waals surface area contributed by atoms with E-state index in [1.165, 1.54) is 4.90 Å². The highest BCUT2D eigenvalue weighted by Gasteiger charge is 2.31. The molecule has 0 aromatic heterocycles. The molecule has 22 heavy (non-hydrogen) atoms. The predicted molar refractivity (Wildman–Crippen MR) is 82.7 cm³/mol. The van der Waals surface area contributed by atoms with Gasteiger partial charge in [-0.05, 0) is 33.3 Å². The zero-order valence-corrected chi connectivity index (χ0v) is 14.1. The smallest absolute Gasteiger partial charge is 0.410 e. The molecule has 0 radical (unpaired) electrons. The molecule has 1 aromatic rings. The van der Waals surface area contributed by atoms with Gasteiger partial charge in [0.1, 0.15) is 11.4 Å². The third-order valence-electron chi connectivity index (χ3n) is 2.89. The predicted octanol–water partition coefficient (Wildman–Crippen LogP) is 3.28. The largest absolute Gasteiger partial charge is 0.444 e. The molecule has 0 heterocycles. The molecule has 7 heteroatoms. The summed E-state index contributed by atoms with van der Waals surface area (Å²) in [5.74, 6) is -0.801. The third-order valence-corrected chi connectivity index (χ3v) is 3.60. The Morgan fingerprint density at radius 1 is 1.27 bits per heavy atom. The molecular weight excluding hydrogens is 309 g/mol. The van der Waals surface area contributed by atoms with Crippen molar-refractivity contribution in [1.82, 2.24) is 4.90 Å². The molecule has 1 rings (SSSR count). The minimum absolute atomic E-state index is 0.198. The molecule has 0 bridgehead atoms. The lowest BCUT2D eigenvalue weighted by molar-refractivity contribution is 0.0188. The van der Waals surface area contributed by atoms with Crippen molar-refractivity contribution in [3.8, 4) is 0 Å². The second kappa shape index (κ2) is 7.09. The van der Waals surface area contributed by atoms with E-state index in [1.54, 1.807) is 58.0 Å². The van der Waals surface area contributed by atoms with Gasteiger partial charge in [0.25, 0.3) is 0 Å². The van der Waals surface area contributed by atoms with Crippen LogP contribution < -0.4 is 0 Å². The van der Waals surface area contributed by atoms with Crippen LogP contribution in [0.1, 0.15) is 39.3 Å². The minimum atomic E-state index is -4.75. The van der Waals surface area contributed by atoms with Gasteiger partial charge in [-0.3, -0.25) is 0 Å². The number of carbonyl (C=O) groups excluding carboxylic acids is 1. The summed E-state index contributed by atoms with van der Waals surface area (Å²) in [5.41, 5.74) is -0.184. The molecule has 5 nitrogen and oxygen atoms in total. The Labute approximate surface area is 131 Å². The highest BCUT2D eigenvalue weighted by atomic mass is 32.3. The van der Waals surface area contributed by atoms with Crippen molar-refractivity contribution >= 4 is 16.3 Å². The fourth-order valence-corrected chi connectivity index (χ4v) is 2.78. The van der Waals surface area contributed by atoms with Gasteiger partial charge < -0.3 is 9.64 Å². The first-order valence-corrected chi connectivity index (χ1v) is 8.55. The van der Waals surface area contributed by atoms with E-state index in [9.17, 15) is 17.1 Å². The third kappa shape index (κ3) is 6.01. The van der Waals surface area contributed by atoms with Gasteiger partial charge in [0.2, 0.25) is 0 Å². The molecule has 0 aliphatic rings. The Morgan fingerprint density at radius 2 is 1.82 bits per heavy atom. The monoisotopic (exact) mass is 331 g/mol. The fourth-order valence-electron chi connectivity index (χ4n) is 2.03. The van der Waals surface area contributed by atoms with E-state index < -0.39 is 33.7 Å². The highest BCUT2D eigenvalue weighted by Crippen LogP contribution is 2.25. The van der Waals surface area contributed by atoms with E-state index in [0.29, 0.717) is 5.56 Å². The lowest BCUT2D eigenvalue weighted by Crippen LogP contribution is -2.41. The molecule has 0 saturated heterocycles. The van der Waals surface area contributed by atoms with Crippen molar-refractivity contribution in [2.24, 2.45) is 0 Å². The molecule has 1 atom stereocenters. The Bertz CT molecular complexity index is 596. The van der Waals surface area contributed by atoms with Gasteiger partial charge >= 0.3 is 16.3 Å². The van der Waals surface area contributed by atoms with Crippen molar-refractivity contribution in [1.29, 1.82) is 0 Å². The average Bonchev–Trinajstić information content (AvgIpc) is 2.36. The maximum atomic E-state index is 13.2. The molecule has 1 aromatic carbocycles. The van der Waals surface area contributed by atoms with E-state index in [2.05, 4.69) is 0 Å². The van der Waals surface area contributed by atoms with Crippen LogP contribution in [0.5, 0.6) is 0 Å². The number of benzene rings is 1. The number of hydrogen-bond acceptors (Lipinski definition) is 4. The van der Waals surface area contributed by atoms with Crippen LogP contribution in [-0.4, -0.2) is 37.3 Å². The molecule has 1 amide bonds. The molecular formula is C15H22FNO4S. The van der Waals surface area contributed by atoms with Crippen LogP contribution in [0.15, 0.2) is 30.3 Å². The number of hydrogen-bond donors (Lipinski definition) is 0. The van der Waals surface area contributed by atoms with Crippen molar-refractivity contribution in [3.63, 3.8) is 0 Å². The molecule has 124 valence electrons. The van der Waals surface area contributed by atoms with Crippen LogP contribution in [0.4, 0.5) is 8.68 Å². The summed E-state index contributed by atoms with van der Waals surface area (Å²) < 4.78 is 40.7. The minimum Gasteiger partial charge on any atom is -0.444 e. The van der Waals surface area contributed by atoms with Crippen LogP contribution in [0.2, 0.25) is 0 Å². The van der Waals surface area contributed by atoms with Gasteiger partial charge in [-0.2, -0.15) is 8.42 Å². The molecule has 0 aliphatic heterocycles. The number of rotatable bonds is 5. The number of nitrogens with zero attached hydrogens (tertiary/aromatic N) is 1. The first-order valence-electron chi connectivity index (χ1n) is 7.00. The highest BCUT2D eigenvalue weighted by molar-refractivity contribution is 7.86. The van der Waals surface area contributed by atoms with Gasteiger partial charge in [0, 0.05) is 6.54 Å². The molecule has 0 saturated carbocycles. The van der Waals surface area contributed by atoms with E-state index in [0.717, 1.165) is 0 Å². The number of ether oxygens (including phenoxy) is 1. The Kier molecular flexibility index (Phi) is 5.93. The number of amides is 1. The SMILES string of the molecule is CCN(C(=O)OC(C)(C)C)C(CS(=O)(=O)F)c1ccccc1. The Balaban J connectivity index is 3.15. The van der Waals surface area contributed by atoms with Crippen LogP contribution in [0.25, 0.3) is 0 Å². The second-order valence-corrected chi connectivity index (χ2v) is 7.31. The van der Waals surface area contributed by atoms with Gasteiger partial charge in [0.05, 0.1) is 6.04 Å².